The maximum Gasteiger partial charge on any atom is 0.138 e. The van der Waals surface area contributed by atoms with E-state index >= 15 is 0 Å². The quantitative estimate of drug-likeness (QED) is 0.615. The molecule has 0 saturated heterocycles. The molecule has 3 rings (SSSR count). The maximum atomic E-state index is 9.37. The Labute approximate surface area is 114 Å². The van der Waals surface area contributed by atoms with E-state index in [4.69, 9.17) is 11.6 Å². The van der Waals surface area contributed by atoms with Gasteiger partial charge in [0, 0.05) is 23.3 Å². The molecule has 0 aliphatic carbocycles. The minimum Gasteiger partial charge on any atom is -0.508 e. The second kappa shape index (κ2) is 4.68. The number of phenols is 1. The SMILES string of the molecule is Oc1cccc(C#Cc2cnc3[nH]ccc3c2Cl)c1. The molecule has 2 aromatic heterocycles. The van der Waals surface area contributed by atoms with Crippen molar-refractivity contribution in [3.8, 4) is 17.6 Å². The van der Waals surface area contributed by atoms with Crippen molar-refractivity contribution >= 4 is 22.6 Å². The zero-order valence-corrected chi connectivity index (χ0v) is 10.6. The van der Waals surface area contributed by atoms with Gasteiger partial charge in [-0.05, 0) is 24.3 Å². The van der Waals surface area contributed by atoms with E-state index in [2.05, 4.69) is 21.8 Å². The lowest BCUT2D eigenvalue weighted by molar-refractivity contribution is 0.475. The van der Waals surface area contributed by atoms with Gasteiger partial charge in [0.2, 0.25) is 0 Å². The van der Waals surface area contributed by atoms with Crippen molar-refractivity contribution < 1.29 is 5.11 Å². The van der Waals surface area contributed by atoms with Gasteiger partial charge in [0.25, 0.3) is 0 Å². The summed E-state index contributed by atoms with van der Waals surface area (Å²) in [5, 5.41) is 10.8. The van der Waals surface area contributed by atoms with Gasteiger partial charge < -0.3 is 10.1 Å². The monoisotopic (exact) mass is 268 g/mol. The molecule has 0 radical (unpaired) electrons. The first-order valence-electron chi connectivity index (χ1n) is 5.67. The molecular weight excluding hydrogens is 260 g/mol. The van der Waals surface area contributed by atoms with Crippen molar-refractivity contribution in [2.24, 2.45) is 0 Å². The highest BCUT2D eigenvalue weighted by Crippen LogP contribution is 2.24. The van der Waals surface area contributed by atoms with Crippen LogP contribution >= 0.6 is 11.6 Å². The van der Waals surface area contributed by atoms with Crippen LogP contribution in [0.2, 0.25) is 5.02 Å². The van der Waals surface area contributed by atoms with Crippen molar-refractivity contribution in [2.75, 3.05) is 0 Å². The van der Waals surface area contributed by atoms with E-state index in [-0.39, 0.29) is 5.75 Å². The van der Waals surface area contributed by atoms with Crippen LogP contribution in [0.4, 0.5) is 0 Å². The maximum absolute atomic E-state index is 9.37. The minimum absolute atomic E-state index is 0.192. The third kappa shape index (κ3) is 2.26. The Morgan fingerprint density at radius 1 is 1.21 bits per heavy atom. The molecule has 0 amide bonds. The molecule has 3 nitrogen and oxygen atoms in total. The fourth-order valence-electron chi connectivity index (χ4n) is 1.79. The highest BCUT2D eigenvalue weighted by atomic mass is 35.5. The van der Waals surface area contributed by atoms with Crippen LogP contribution in [0.3, 0.4) is 0 Å². The molecule has 0 aliphatic heterocycles. The van der Waals surface area contributed by atoms with Crippen LogP contribution in [0.5, 0.6) is 5.75 Å². The summed E-state index contributed by atoms with van der Waals surface area (Å²) in [5.74, 6) is 6.12. The average molecular weight is 269 g/mol. The highest BCUT2D eigenvalue weighted by molar-refractivity contribution is 6.36. The van der Waals surface area contributed by atoms with E-state index in [1.54, 1.807) is 30.6 Å². The third-order valence-electron chi connectivity index (χ3n) is 2.71. The first kappa shape index (κ1) is 11.6. The zero-order chi connectivity index (χ0) is 13.2. The van der Waals surface area contributed by atoms with Crippen LogP contribution in [-0.2, 0) is 0 Å². The lowest BCUT2D eigenvalue weighted by atomic mass is 10.2. The fraction of sp³-hybridized carbons (Fsp3) is 0. The molecule has 19 heavy (non-hydrogen) atoms. The van der Waals surface area contributed by atoms with Crippen LogP contribution in [-0.4, -0.2) is 15.1 Å². The second-order valence-electron chi connectivity index (χ2n) is 4.03. The van der Waals surface area contributed by atoms with Gasteiger partial charge in [-0.3, -0.25) is 0 Å². The Bertz CT molecular complexity index is 812. The number of hydrogen-bond acceptors (Lipinski definition) is 2. The minimum atomic E-state index is 0.192. The Hall–Kier alpha value is -2.44. The van der Waals surface area contributed by atoms with Gasteiger partial charge >= 0.3 is 0 Å². The fourth-order valence-corrected chi connectivity index (χ4v) is 2.03. The van der Waals surface area contributed by atoms with Crippen LogP contribution in [0.25, 0.3) is 11.0 Å². The second-order valence-corrected chi connectivity index (χ2v) is 4.40. The number of nitrogens with one attached hydrogen (secondary N) is 1. The van der Waals surface area contributed by atoms with E-state index in [1.807, 2.05) is 12.1 Å². The first-order valence-corrected chi connectivity index (χ1v) is 6.04. The number of aromatic hydroxyl groups is 1. The van der Waals surface area contributed by atoms with E-state index in [9.17, 15) is 5.11 Å². The van der Waals surface area contributed by atoms with Crippen molar-refractivity contribution in [1.29, 1.82) is 0 Å². The summed E-state index contributed by atoms with van der Waals surface area (Å²) >= 11 is 6.27. The Morgan fingerprint density at radius 2 is 2.11 bits per heavy atom. The van der Waals surface area contributed by atoms with Crippen LogP contribution < -0.4 is 0 Å². The van der Waals surface area contributed by atoms with Crippen molar-refractivity contribution in [3.63, 3.8) is 0 Å². The lowest BCUT2D eigenvalue weighted by Crippen LogP contribution is -1.83. The van der Waals surface area contributed by atoms with Gasteiger partial charge in [-0.2, -0.15) is 0 Å². The number of phenolic OH excluding ortho intramolecular Hbond substituents is 1. The molecule has 0 saturated carbocycles. The molecule has 1 aromatic carbocycles. The van der Waals surface area contributed by atoms with Crippen molar-refractivity contribution in [2.45, 2.75) is 0 Å². The summed E-state index contributed by atoms with van der Waals surface area (Å²) in [6, 6.07) is 8.64. The molecule has 0 spiro atoms. The number of rotatable bonds is 0. The number of hydrogen-bond donors (Lipinski definition) is 2. The molecule has 0 aliphatic rings. The average Bonchev–Trinajstić information content (AvgIpc) is 2.87. The molecule has 0 bridgehead atoms. The number of aromatic amines is 1. The van der Waals surface area contributed by atoms with Gasteiger partial charge in [-0.1, -0.05) is 29.5 Å². The van der Waals surface area contributed by atoms with Gasteiger partial charge in [0.15, 0.2) is 0 Å². The van der Waals surface area contributed by atoms with Crippen molar-refractivity contribution in [1.82, 2.24) is 9.97 Å². The predicted molar refractivity (Wildman–Crippen MR) is 75.2 cm³/mol. The van der Waals surface area contributed by atoms with Gasteiger partial charge in [-0.15, -0.1) is 0 Å². The summed E-state index contributed by atoms with van der Waals surface area (Å²) in [6.45, 7) is 0. The van der Waals surface area contributed by atoms with E-state index in [0.29, 0.717) is 10.6 Å². The zero-order valence-electron chi connectivity index (χ0n) is 9.81. The van der Waals surface area contributed by atoms with Gasteiger partial charge in [-0.25, -0.2) is 4.98 Å². The van der Waals surface area contributed by atoms with Crippen LogP contribution in [0, 0.1) is 11.8 Å². The lowest BCUT2D eigenvalue weighted by Gasteiger charge is -1.97. The first-order chi connectivity index (χ1) is 9.24. The van der Waals surface area contributed by atoms with E-state index in [0.717, 1.165) is 16.6 Å². The number of benzene rings is 1. The number of H-pyrrole nitrogens is 1. The molecule has 0 unspecified atom stereocenters. The molecule has 3 aromatic rings. The normalized spacial score (nSPS) is 10.2. The standard InChI is InChI=1S/C15H9ClN2O/c16-14-11(9-18-15-13(14)6-7-17-15)5-4-10-2-1-3-12(19)8-10/h1-3,6-9,19H,(H,17,18). The molecule has 0 atom stereocenters. The number of aromatic nitrogens is 2. The summed E-state index contributed by atoms with van der Waals surface area (Å²) < 4.78 is 0. The molecule has 92 valence electrons. The Balaban J connectivity index is 2.04. The molecule has 2 N–H and O–H groups in total. The predicted octanol–water partition coefficient (Wildman–Crippen LogP) is 3.32. The molecule has 0 fully saturated rings. The largest absolute Gasteiger partial charge is 0.508 e. The molecular formula is C15H9ClN2O. The Kier molecular flexibility index (Phi) is 2.86. The highest BCUT2D eigenvalue weighted by Gasteiger charge is 2.05. The third-order valence-corrected chi connectivity index (χ3v) is 3.12. The number of nitrogens with zero attached hydrogens (tertiary/aromatic N) is 1. The Morgan fingerprint density at radius 3 is 2.95 bits per heavy atom. The van der Waals surface area contributed by atoms with Gasteiger partial charge in [0.05, 0.1) is 10.6 Å². The molecule has 4 heteroatoms. The topological polar surface area (TPSA) is 48.9 Å². The summed E-state index contributed by atoms with van der Waals surface area (Å²) in [4.78, 5) is 7.23. The van der Waals surface area contributed by atoms with Crippen LogP contribution in [0.15, 0.2) is 42.7 Å². The smallest absolute Gasteiger partial charge is 0.138 e. The molecule has 2 heterocycles. The summed E-state index contributed by atoms with van der Waals surface area (Å²) in [7, 11) is 0. The summed E-state index contributed by atoms with van der Waals surface area (Å²) in [5.41, 5.74) is 2.13. The van der Waals surface area contributed by atoms with E-state index < -0.39 is 0 Å². The number of halogens is 1. The summed E-state index contributed by atoms with van der Waals surface area (Å²) in [6.07, 6.45) is 3.42. The van der Waals surface area contributed by atoms with Crippen LogP contribution in [0.1, 0.15) is 11.1 Å². The van der Waals surface area contributed by atoms with E-state index in [1.165, 1.54) is 0 Å². The number of pyridine rings is 1. The van der Waals surface area contributed by atoms with Gasteiger partial charge in [0.1, 0.15) is 11.4 Å². The van der Waals surface area contributed by atoms with Crippen molar-refractivity contribution in [3.05, 3.63) is 58.9 Å². The number of fused-ring (bicyclic) bond motifs is 1.